The third-order valence-electron chi connectivity index (χ3n) is 0.333. The molecular formula is H4NO14PrS4. The van der Waals surface area contributed by atoms with Crippen LogP contribution in [0.5, 0.6) is 0 Å². The van der Waals surface area contributed by atoms with Crippen LogP contribution >= 0.6 is 0 Å². The quantitative estimate of drug-likeness (QED) is 0.280. The number of hydrogen-bond acceptors (Lipinski definition) is 14. The first kappa shape index (κ1) is 29.0. The Morgan fingerprint density at radius 3 is 0.600 bits per heavy atom. The van der Waals surface area contributed by atoms with Gasteiger partial charge in [0.2, 0.25) is 41.6 Å². The zero-order chi connectivity index (χ0) is 15.4. The van der Waals surface area contributed by atoms with Crippen LogP contribution in [0.3, 0.4) is 0 Å². The molecule has 0 heterocycles. The molecule has 0 aliphatic heterocycles. The summed E-state index contributed by atoms with van der Waals surface area (Å²) in [5.74, 6) is 0. The molecule has 0 bridgehead atoms. The molecule has 0 spiro atoms. The van der Waals surface area contributed by atoms with E-state index in [0.29, 0.717) is 0 Å². The first-order valence-corrected chi connectivity index (χ1v) is 8.00. The van der Waals surface area contributed by atoms with Gasteiger partial charge in [-0.05, 0) is 0 Å². The van der Waals surface area contributed by atoms with Crippen LogP contribution in [0.25, 0.3) is 0 Å². The molecule has 0 radical (unpaired) electrons. The third-order valence-corrected chi connectivity index (χ3v) is 3.00. The van der Waals surface area contributed by atoms with E-state index < -0.39 is 41.6 Å². The average molecular weight is 511 g/mol. The molecule has 0 aliphatic rings. The van der Waals surface area contributed by atoms with Crippen molar-refractivity contribution in [2.75, 3.05) is 0 Å². The number of rotatable bonds is 4. The Bertz CT molecular complexity index is 537. The van der Waals surface area contributed by atoms with Crippen molar-refractivity contribution >= 4 is 41.6 Å². The predicted molar refractivity (Wildman–Crippen MR) is 46.9 cm³/mol. The van der Waals surface area contributed by atoms with E-state index in [0.717, 1.165) is 0 Å². The van der Waals surface area contributed by atoms with Crippen molar-refractivity contribution in [1.29, 1.82) is 0 Å². The second-order valence-electron chi connectivity index (χ2n) is 1.77. The Morgan fingerprint density at radius 1 is 0.500 bits per heavy atom. The normalized spacial score (nSPS) is 12.2. The van der Waals surface area contributed by atoms with Gasteiger partial charge in [-0.25, -0.2) is 33.7 Å². The van der Waals surface area contributed by atoms with Gasteiger partial charge in [0.1, 0.15) is 0 Å². The molecule has 0 saturated carbocycles. The first-order valence-electron chi connectivity index (χ1n) is 2.67. The summed E-state index contributed by atoms with van der Waals surface area (Å²) in [4.78, 5) is 0. The molecule has 0 aliphatic carbocycles. The van der Waals surface area contributed by atoms with Gasteiger partial charge in [-0.2, -0.15) is 7.26 Å². The summed E-state index contributed by atoms with van der Waals surface area (Å²) in [6, 6.07) is 0. The van der Waals surface area contributed by atoms with Crippen LogP contribution in [0.4, 0.5) is 0 Å². The van der Waals surface area contributed by atoms with Gasteiger partial charge in [0, 0.05) is 0 Å². The minimum Gasteiger partial charge on any atom is -0.725 e. The van der Waals surface area contributed by atoms with Crippen LogP contribution < -0.4 is 6.15 Å². The second-order valence-corrected chi connectivity index (χ2v) is 6.12. The second kappa shape index (κ2) is 9.81. The molecule has 0 rings (SSSR count). The predicted octanol–water partition coefficient (Wildman–Crippen LogP) is -3.78. The fourth-order valence-electron chi connectivity index (χ4n) is 0.204. The molecule has 20 heteroatoms. The smallest absolute Gasteiger partial charge is 0.725 e. The summed E-state index contributed by atoms with van der Waals surface area (Å²) >= 11 is 0. The summed E-state index contributed by atoms with van der Waals surface area (Å²) in [6.45, 7) is 0. The van der Waals surface area contributed by atoms with E-state index in [-0.39, 0.29) is 47.4 Å². The van der Waals surface area contributed by atoms with Crippen LogP contribution in [0, 0.1) is 41.3 Å². The summed E-state index contributed by atoms with van der Waals surface area (Å²) in [6.07, 6.45) is 0. The van der Waals surface area contributed by atoms with Gasteiger partial charge in [-0.1, -0.05) is 0 Å². The van der Waals surface area contributed by atoms with E-state index in [1.807, 2.05) is 0 Å². The van der Waals surface area contributed by atoms with Gasteiger partial charge in [0.15, 0.2) is 0 Å². The van der Waals surface area contributed by atoms with Gasteiger partial charge >= 0.3 is 41.3 Å². The molecule has 0 atom stereocenters. The molecule has 0 unspecified atom stereocenters. The average Bonchev–Trinajstić information content (AvgIpc) is 1.64. The van der Waals surface area contributed by atoms with Crippen LogP contribution in [-0.4, -0.2) is 51.9 Å². The van der Waals surface area contributed by atoms with Gasteiger partial charge in [0.05, 0.1) is 0 Å². The van der Waals surface area contributed by atoms with E-state index in [1.54, 1.807) is 0 Å². The van der Waals surface area contributed by atoms with Crippen molar-refractivity contribution in [3.63, 3.8) is 0 Å². The SMILES string of the molecule is O=S(=O)([O-])OS(=O)(=O)[O-].O=S(=O)([O-])OS(=O)(=O)[O-].[NH4+].[Pr+3]. The molecule has 0 aromatic rings. The maximum absolute atomic E-state index is 9.29. The Balaban J connectivity index is -0.000000116. The Labute approximate surface area is 147 Å². The molecule has 4 N–H and O–H groups in total. The van der Waals surface area contributed by atoms with E-state index in [2.05, 4.69) is 7.26 Å². The van der Waals surface area contributed by atoms with Gasteiger partial charge < -0.3 is 24.4 Å². The molecular weight excluding hydrogens is 507 g/mol. The van der Waals surface area contributed by atoms with E-state index in [1.165, 1.54) is 0 Å². The van der Waals surface area contributed by atoms with Crippen LogP contribution in [-0.2, 0) is 48.9 Å². The van der Waals surface area contributed by atoms with Crippen molar-refractivity contribution in [3.8, 4) is 0 Å². The molecule has 0 saturated heterocycles. The molecule has 0 fully saturated rings. The molecule has 0 aromatic carbocycles. The fraction of sp³-hybridized carbons (Fsp3) is 0. The number of quaternary nitrogens is 1. The van der Waals surface area contributed by atoms with E-state index >= 15 is 0 Å². The van der Waals surface area contributed by atoms with Crippen molar-refractivity contribution in [3.05, 3.63) is 0 Å². The molecule has 120 valence electrons. The van der Waals surface area contributed by atoms with Crippen molar-refractivity contribution < 1.29 is 100 Å². The maximum atomic E-state index is 9.29. The maximum Gasteiger partial charge on any atom is 3.00 e. The van der Waals surface area contributed by atoms with Gasteiger partial charge in [0.25, 0.3) is 0 Å². The Hall–Kier alpha value is 0.884. The summed E-state index contributed by atoms with van der Waals surface area (Å²) in [7, 11) is -21.7. The summed E-state index contributed by atoms with van der Waals surface area (Å²) in [5.41, 5.74) is 0. The summed E-state index contributed by atoms with van der Waals surface area (Å²) in [5, 5.41) is 0. The monoisotopic (exact) mass is 511 g/mol. The van der Waals surface area contributed by atoms with Crippen molar-refractivity contribution in [2.45, 2.75) is 0 Å². The molecule has 0 amide bonds. The fourth-order valence-corrected chi connectivity index (χ4v) is 1.84. The molecule has 20 heavy (non-hydrogen) atoms. The minimum absolute atomic E-state index is 0. The Kier molecular flexibility index (Phi) is 14.2. The topological polar surface area (TPSA) is 284 Å². The van der Waals surface area contributed by atoms with Gasteiger partial charge in [-0.3, -0.25) is 0 Å². The standard InChI is InChI=1S/H3N.2H2O7S2.Pr/c;2*1-8(2,3)7-9(4,5)6;/h1H3;2*(H,1,2,3)(H,4,5,6);/q;;;+3/p-3. The van der Waals surface area contributed by atoms with Crippen molar-refractivity contribution in [1.82, 2.24) is 6.15 Å². The molecule has 0 aromatic heterocycles. The zero-order valence-electron chi connectivity index (χ0n) is 8.93. The third kappa shape index (κ3) is 36.4. The van der Waals surface area contributed by atoms with E-state index in [4.69, 9.17) is 0 Å². The minimum atomic E-state index is -5.43. The van der Waals surface area contributed by atoms with Crippen LogP contribution in [0.2, 0.25) is 0 Å². The van der Waals surface area contributed by atoms with Crippen LogP contribution in [0.1, 0.15) is 0 Å². The van der Waals surface area contributed by atoms with Gasteiger partial charge in [-0.15, -0.1) is 0 Å². The Morgan fingerprint density at radius 2 is 0.600 bits per heavy atom. The number of hydrogen-bond donors (Lipinski definition) is 1. The largest absolute Gasteiger partial charge is 3.00 e. The first-order chi connectivity index (χ1) is 7.41. The van der Waals surface area contributed by atoms with E-state index in [9.17, 15) is 51.9 Å². The summed E-state index contributed by atoms with van der Waals surface area (Å²) < 4.78 is 116. The van der Waals surface area contributed by atoms with Crippen LogP contribution in [0.15, 0.2) is 0 Å². The zero-order valence-corrected chi connectivity index (χ0v) is 15.9. The molecule has 15 nitrogen and oxygen atoms in total. The van der Waals surface area contributed by atoms with Crippen molar-refractivity contribution in [2.24, 2.45) is 0 Å².